The number of rotatable bonds is 7. The van der Waals surface area contributed by atoms with Gasteiger partial charge in [0.25, 0.3) is 5.69 Å². The fourth-order valence-corrected chi connectivity index (χ4v) is 4.98. The molecule has 0 radical (unpaired) electrons. The van der Waals surface area contributed by atoms with E-state index in [1.54, 1.807) is 0 Å². The molecule has 2 heterocycles. The second-order valence-electron chi connectivity index (χ2n) is 5.76. The molecule has 0 unspecified atom stereocenters. The third kappa shape index (κ3) is 4.24. The van der Waals surface area contributed by atoms with Crippen molar-refractivity contribution in [1.29, 1.82) is 0 Å². The molecule has 1 aliphatic rings. The van der Waals surface area contributed by atoms with Crippen LogP contribution in [0.15, 0.2) is 46.7 Å². The number of hydrogen-bond acceptors (Lipinski definition) is 6. The summed E-state index contributed by atoms with van der Waals surface area (Å²) in [5.74, 6) is 0. The summed E-state index contributed by atoms with van der Waals surface area (Å²) in [5, 5.41) is 12.7. The third-order valence-electron chi connectivity index (χ3n) is 4.03. The molecule has 134 valence electrons. The van der Waals surface area contributed by atoms with Crippen molar-refractivity contribution < 1.29 is 18.1 Å². The quantitative estimate of drug-likeness (QED) is 0.542. The van der Waals surface area contributed by atoms with Crippen molar-refractivity contribution in [3.8, 4) is 0 Å². The van der Waals surface area contributed by atoms with Crippen LogP contribution in [0.25, 0.3) is 0 Å². The molecule has 0 spiro atoms. The lowest BCUT2D eigenvalue weighted by molar-refractivity contribution is -0.384. The van der Waals surface area contributed by atoms with E-state index in [1.807, 2.05) is 17.5 Å². The molecule has 9 heteroatoms. The number of ether oxygens (including phenoxy) is 1. The number of benzene rings is 1. The third-order valence-corrected chi connectivity index (χ3v) is 6.72. The number of sulfonamides is 1. The predicted octanol–water partition coefficient (Wildman–Crippen LogP) is 3.03. The van der Waals surface area contributed by atoms with E-state index in [2.05, 4.69) is 0 Å². The van der Waals surface area contributed by atoms with Crippen LogP contribution in [0.4, 0.5) is 5.69 Å². The number of thiophene rings is 1. The summed E-state index contributed by atoms with van der Waals surface area (Å²) in [5.41, 5.74) is -0.136. The molecule has 2 aromatic rings. The fourth-order valence-electron chi connectivity index (χ4n) is 2.73. The van der Waals surface area contributed by atoms with Gasteiger partial charge in [0.15, 0.2) is 0 Å². The minimum absolute atomic E-state index is 0.0488. The van der Waals surface area contributed by atoms with Gasteiger partial charge >= 0.3 is 0 Å². The van der Waals surface area contributed by atoms with E-state index in [9.17, 15) is 18.5 Å². The van der Waals surface area contributed by atoms with Crippen LogP contribution < -0.4 is 0 Å². The van der Waals surface area contributed by atoms with E-state index in [0.717, 1.165) is 17.7 Å². The number of nitrogens with zero attached hydrogens (tertiary/aromatic N) is 2. The Labute approximate surface area is 150 Å². The minimum atomic E-state index is -3.77. The van der Waals surface area contributed by atoms with Crippen molar-refractivity contribution in [2.75, 3.05) is 13.2 Å². The van der Waals surface area contributed by atoms with Gasteiger partial charge in [0.1, 0.15) is 0 Å². The number of non-ortho nitro benzene ring substituents is 1. The Kier molecular flexibility index (Phi) is 5.48. The molecule has 1 aromatic heterocycles. The van der Waals surface area contributed by atoms with Gasteiger partial charge in [-0.1, -0.05) is 6.07 Å². The average Bonchev–Trinajstić information content (AvgIpc) is 3.28. The molecule has 1 saturated heterocycles. The molecule has 1 aromatic carbocycles. The molecule has 1 fully saturated rings. The van der Waals surface area contributed by atoms with Crippen LogP contribution in [0.5, 0.6) is 0 Å². The molecule has 25 heavy (non-hydrogen) atoms. The lowest BCUT2D eigenvalue weighted by Crippen LogP contribution is -2.36. The Balaban J connectivity index is 1.87. The molecule has 1 aliphatic heterocycles. The van der Waals surface area contributed by atoms with E-state index in [4.69, 9.17) is 4.74 Å². The van der Waals surface area contributed by atoms with Crippen molar-refractivity contribution in [3.63, 3.8) is 0 Å². The highest BCUT2D eigenvalue weighted by Gasteiger charge is 2.29. The number of hydrogen-bond donors (Lipinski definition) is 0. The maximum Gasteiger partial charge on any atom is 0.269 e. The van der Waals surface area contributed by atoms with Gasteiger partial charge in [-0.15, -0.1) is 11.3 Å². The fraction of sp³-hybridized carbons (Fsp3) is 0.375. The van der Waals surface area contributed by atoms with Gasteiger partial charge < -0.3 is 4.74 Å². The van der Waals surface area contributed by atoms with E-state index in [-0.39, 0.29) is 29.8 Å². The molecular weight excluding hydrogens is 364 g/mol. The second kappa shape index (κ2) is 7.61. The first-order chi connectivity index (χ1) is 12.0. The van der Waals surface area contributed by atoms with Crippen LogP contribution in [0.3, 0.4) is 0 Å². The van der Waals surface area contributed by atoms with Crippen molar-refractivity contribution in [1.82, 2.24) is 4.31 Å². The maximum atomic E-state index is 13.0. The molecular formula is C16H18N2O5S2. The van der Waals surface area contributed by atoms with Crippen LogP contribution in [0, 0.1) is 10.1 Å². The van der Waals surface area contributed by atoms with Gasteiger partial charge in [-0.3, -0.25) is 10.1 Å². The Morgan fingerprint density at radius 1 is 1.28 bits per heavy atom. The van der Waals surface area contributed by atoms with Gasteiger partial charge in [-0.25, -0.2) is 8.42 Å². The summed E-state index contributed by atoms with van der Waals surface area (Å²) in [6, 6.07) is 8.75. The largest absolute Gasteiger partial charge is 0.377 e. The lowest BCUT2D eigenvalue weighted by atomic mass is 10.2. The highest BCUT2D eigenvalue weighted by Crippen LogP contribution is 2.25. The molecule has 0 saturated carbocycles. The topological polar surface area (TPSA) is 89.8 Å². The number of nitro benzene ring substituents is 1. The zero-order valence-corrected chi connectivity index (χ0v) is 15.0. The summed E-state index contributed by atoms with van der Waals surface area (Å²) in [7, 11) is -3.77. The van der Waals surface area contributed by atoms with Crippen LogP contribution in [0.1, 0.15) is 17.7 Å². The normalized spacial score (nSPS) is 17.9. The smallest absolute Gasteiger partial charge is 0.269 e. The standard InChI is InChI=1S/C16H18N2O5S2/c19-18(20)13-5-7-16(8-6-13)25(21,22)17(11-14-3-1-9-23-14)12-15-4-2-10-24-15/h2,4-8,10,14H,1,3,9,11-12H2/t14-/m0/s1. The average molecular weight is 382 g/mol. The highest BCUT2D eigenvalue weighted by atomic mass is 32.2. The first-order valence-electron chi connectivity index (χ1n) is 7.85. The van der Waals surface area contributed by atoms with Crippen molar-refractivity contribution in [2.24, 2.45) is 0 Å². The zero-order valence-electron chi connectivity index (χ0n) is 13.4. The molecule has 0 amide bonds. The molecule has 1 atom stereocenters. The van der Waals surface area contributed by atoms with E-state index >= 15 is 0 Å². The minimum Gasteiger partial charge on any atom is -0.377 e. The van der Waals surface area contributed by atoms with Crippen molar-refractivity contribution in [2.45, 2.75) is 30.4 Å². The van der Waals surface area contributed by atoms with Gasteiger partial charge in [0.05, 0.1) is 15.9 Å². The van der Waals surface area contributed by atoms with Crippen LogP contribution in [-0.4, -0.2) is 36.9 Å². The van der Waals surface area contributed by atoms with E-state index in [1.165, 1.54) is 39.9 Å². The second-order valence-corrected chi connectivity index (χ2v) is 8.73. The SMILES string of the molecule is O=[N+]([O-])c1ccc(S(=O)(=O)N(Cc2cccs2)C[C@@H]2CCCO2)cc1. The lowest BCUT2D eigenvalue weighted by Gasteiger charge is -2.24. The van der Waals surface area contributed by atoms with Crippen LogP contribution in [0.2, 0.25) is 0 Å². The summed E-state index contributed by atoms with van der Waals surface area (Å²) < 4.78 is 33.1. The van der Waals surface area contributed by atoms with Crippen molar-refractivity contribution in [3.05, 3.63) is 56.8 Å². The summed E-state index contributed by atoms with van der Waals surface area (Å²) in [4.78, 5) is 11.2. The van der Waals surface area contributed by atoms with Crippen molar-refractivity contribution >= 4 is 27.0 Å². The Morgan fingerprint density at radius 2 is 2.04 bits per heavy atom. The van der Waals surface area contributed by atoms with Gasteiger partial charge in [0.2, 0.25) is 10.0 Å². The maximum absolute atomic E-state index is 13.0. The van der Waals surface area contributed by atoms with Gasteiger partial charge in [-0.2, -0.15) is 4.31 Å². The summed E-state index contributed by atoms with van der Waals surface area (Å²) >= 11 is 1.49. The molecule has 3 rings (SSSR count). The summed E-state index contributed by atoms with van der Waals surface area (Å²) in [6.45, 7) is 1.18. The predicted molar refractivity (Wildman–Crippen MR) is 94.0 cm³/mol. The first-order valence-corrected chi connectivity index (χ1v) is 10.2. The van der Waals surface area contributed by atoms with E-state index in [0.29, 0.717) is 6.61 Å². The summed E-state index contributed by atoms with van der Waals surface area (Å²) in [6.07, 6.45) is 1.64. The molecule has 7 nitrogen and oxygen atoms in total. The first kappa shape index (κ1) is 18.0. The molecule has 0 N–H and O–H groups in total. The molecule has 0 bridgehead atoms. The number of nitro groups is 1. The highest BCUT2D eigenvalue weighted by molar-refractivity contribution is 7.89. The Morgan fingerprint density at radius 3 is 2.60 bits per heavy atom. The monoisotopic (exact) mass is 382 g/mol. The Bertz CT molecular complexity index is 813. The van der Waals surface area contributed by atoms with Crippen LogP contribution in [-0.2, 0) is 21.3 Å². The van der Waals surface area contributed by atoms with Crippen LogP contribution >= 0.6 is 11.3 Å². The van der Waals surface area contributed by atoms with Gasteiger partial charge in [0, 0.05) is 36.7 Å². The Hall–Kier alpha value is -1.81. The molecule has 0 aliphatic carbocycles. The van der Waals surface area contributed by atoms with Gasteiger partial charge in [-0.05, 0) is 36.4 Å². The zero-order chi connectivity index (χ0) is 17.9. The van der Waals surface area contributed by atoms with E-state index < -0.39 is 14.9 Å².